The molecule has 3 aromatic rings. The first-order chi connectivity index (χ1) is 14.0. The van der Waals surface area contributed by atoms with E-state index in [0.29, 0.717) is 34.9 Å². The lowest BCUT2D eigenvalue weighted by atomic mass is 10.1. The molecule has 0 bridgehead atoms. The van der Waals surface area contributed by atoms with Gasteiger partial charge in [-0.3, -0.25) is 14.9 Å². The predicted octanol–water partition coefficient (Wildman–Crippen LogP) is 5.35. The fourth-order valence-electron chi connectivity index (χ4n) is 2.72. The number of amides is 1. The Morgan fingerprint density at radius 2 is 1.55 bits per heavy atom. The van der Waals surface area contributed by atoms with Crippen LogP contribution in [0.2, 0.25) is 0 Å². The summed E-state index contributed by atoms with van der Waals surface area (Å²) < 4.78 is 11.2. The van der Waals surface area contributed by atoms with Crippen molar-refractivity contribution in [3.63, 3.8) is 0 Å². The molecule has 148 valence electrons. The Morgan fingerprint density at radius 3 is 2.10 bits per heavy atom. The highest BCUT2D eigenvalue weighted by atomic mass is 16.6. The topological polar surface area (TPSA) is 90.7 Å². The zero-order valence-electron chi connectivity index (χ0n) is 16.0. The molecular formula is C22H20N2O5. The third kappa shape index (κ3) is 5.10. The molecule has 0 atom stereocenters. The van der Waals surface area contributed by atoms with Gasteiger partial charge in [-0.1, -0.05) is 0 Å². The first-order valence-corrected chi connectivity index (χ1v) is 9.03. The molecule has 0 fully saturated rings. The lowest BCUT2D eigenvalue weighted by molar-refractivity contribution is -0.385. The number of nitro groups is 1. The van der Waals surface area contributed by atoms with Crippen LogP contribution in [0.3, 0.4) is 0 Å². The lowest BCUT2D eigenvalue weighted by Crippen LogP contribution is -2.12. The second-order valence-corrected chi connectivity index (χ2v) is 6.24. The van der Waals surface area contributed by atoms with Crippen molar-refractivity contribution in [3.8, 4) is 17.2 Å². The van der Waals surface area contributed by atoms with E-state index in [9.17, 15) is 14.9 Å². The molecular weight excluding hydrogens is 372 g/mol. The summed E-state index contributed by atoms with van der Waals surface area (Å²) in [6.45, 7) is 4.13. The van der Waals surface area contributed by atoms with Gasteiger partial charge in [-0.25, -0.2) is 0 Å². The molecule has 0 aliphatic heterocycles. The highest BCUT2D eigenvalue weighted by molar-refractivity contribution is 6.04. The van der Waals surface area contributed by atoms with E-state index in [4.69, 9.17) is 9.47 Å². The minimum absolute atomic E-state index is 0.0164. The van der Waals surface area contributed by atoms with E-state index in [2.05, 4.69) is 5.32 Å². The molecule has 0 aliphatic rings. The molecule has 0 saturated heterocycles. The molecule has 7 nitrogen and oxygen atoms in total. The SMILES string of the molecule is CCOc1ccc(Oc2ccc(NC(=O)c3ccc([N+](=O)[O-])c(C)c3)cc2)cc1. The monoisotopic (exact) mass is 392 g/mol. The number of ether oxygens (including phenoxy) is 2. The summed E-state index contributed by atoms with van der Waals surface area (Å²) in [4.78, 5) is 22.8. The van der Waals surface area contributed by atoms with Crippen LogP contribution in [0.1, 0.15) is 22.8 Å². The summed E-state index contributed by atoms with van der Waals surface area (Å²) in [5, 5.41) is 13.7. The molecule has 29 heavy (non-hydrogen) atoms. The Balaban J connectivity index is 1.63. The van der Waals surface area contributed by atoms with Crippen LogP contribution in [-0.4, -0.2) is 17.4 Å². The second kappa shape index (κ2) is 8.88. The number of nitrogens with zero attached hydrogens (tertiary/aromatic N) is 1. The summed E-state index contributed by atoms with van der Waals surface area (Å²) in [6, 6.07) is 18.5. The molecule has 3 rings (SSSR count). The highest BCUT2D eigenvalue weighted by Gasteiger charge is 2.14. The van der Waals surface area contributed by atoms with Crippen LogP contribution in [0, 0.1) is 17.0 Å². The normalized spacial score (nSPS) is 10.3. The number of rotatable bonds is 7. The maximum atomic E-state index is 12.4. The van der Waals surface area contributed by atoms with Gasteiger partial charge in [0, 0.05) is 22.9 Å². The summed E-state index contributed by atoms with van der Waals surface area (Å²) in [5.74, 6) is 1.73. The first-order valence-electron chi connectivity index (χ1n) is 9.03. The van der Waals surface area contributed by atoms with E-state index in [1.165, 1.54) is 18.2 Å². The average Bonchev–Trinajstić information content (AvgIpc) is 2.71. The van der Waals surface area contributed by atoms with E-state index in [0.717, 1.165) is 5.75 Å². The minimum atomic E-state index is -0.472. The van der Waals surface area contributed by atoms with Crippen molar-refractivity contribution in [2.75, 3.05) is 11.9 Å². The van der Waals surface area contributed by atoms with Crippen LogP contribution in [0.4, 0.5) is 11.4 Å². The highest BCUT2D eigenvalue weighted by Crippen LogP contribution is 2.25. The van der Waals surface area contributed by atoms with Gasteiger partial charge in [-0.2, -0.15) is 0 Å². The number of nitro benzene ring substituents is 1. The fraction of sp³-hybridized carbons (Fsp3) is 0.136. The van der Waals surface area contributed by atoms with Crippen LogP contribution in [-0.2, 0) is 0 Å². The molecule has 0 saturated carbocycles. The Labute approximate surface area is 168 Å². The van der Waals surface area contributed by atoms with Gasteiger partial charge in [0.15, 0.2) is 0 Å². The van der Waals surface area contributed by atoms with Gasteiger partial charge in [0.25, 0.3) is 11.6 Å². The quantitative estimate of drug-likeness (QED) is 0.432. The summed E-state index contributed by atoms with van der Waals surface area (Å²) in [5.41, 5.74) is 1.35. The summed E-state index contributed by atoms with van der Waals surface area (Å²) in [6.07, 6.45) is 0. The van der Waals surface area contributed by atoms with Crippen molar-refractivity contribution in [1.82, 2.24) is 0 Å². The van der Waals surface area contributed by atoms with Crippen LogP contribution >= 0.6 is 0 Å². The third-order valence-electron chi connectivity index (χ3n) is 4.14. The Morgan fingerprint density at radius 1 is 0.966 bits per heavy atom. The van der Waals surface area contributed by atoms with Crippen molar-refractivity contribution >= 4 is 17.3 Å². The van der Waals surface area contributed by atoms with E-state index in [1.807, 2.05) is 31.2 Å². The Kier molecular flexibility index (Phi) is 6.09. The number of nitrogens with one attached hydrogen (secondary N) is 1. The summed E-state index contributed by atoms with van der Waals surface area (Å²) in [7, 11) is 0. The van der Waals surface area contributed by atoms with Crippen LogP contribution in [0.25, 0.3) is 0 Å². The lowest BCUT2D eigenvalue weighted by Gasteiger charge is -2.09. The molecule has 1 amide bonds. The maximum absolute atomic E-state index is 12.4. The van der Waals surface area contributed by atoms with Crippen LogP contribution in [0.15, 0.2) is 66.7 Å². The van der Waals surface area contributed by atoms with Gasteiger partial charge >= 0.3 is 0 Å². The van der Waals surface area contributed by atoms with Crippen LogP contribution < -0.4 is 14.8 Å². The van der Waals surface area contributed by atoms with Gasteiger partial charge in [0.2, 0.25) is 0 Å². The zero-order chi connectivity index (χ0) is 20.8. The van der Waals surface area contributed by atoms with Crippen molar-refractivity contribution < 1.29 is 19.2 Å². The number of hydrogen-bond acceptors (Lipinski definition) is 5. The van der Waals surface area contributed by atoms with Crippen molar-refractivity contribution in [2.24, 2.45) is 0 Å². The van der Waals surface area contributed by atoms with Crippen molar-refractivity contribution in [2.45, 2.75) is 13.8 Å². The van der Waals surface area contributed by atoms with Gasteiger partial charge in [-0.15, -0.1) is 0 Å². The number of aryl methyl sites for hydroxylation is 1. The minimum Gasteiger partial charge on any atom is -0.494 e. The van der Waals surface area contributed by atoms with Gasteiger partial charge in [-0.05, 0) is 74.5 Å². The third-order valence-corrected chi connectivity index (χ3v) is 4.14. The predicted molar refractivity (Wildman–Crippen MR) is 110 cm³/mol. The zero-order valence-corrected chi connectivity index (χ0v) is 16.0. The molecule has 0 aromatic heterocycles. The number of carbonyl (C=O) groups is 1. The van der Waals surface area contributed by atoms with E-state index in [-0.39, 0.29) is 11.6 Å². The number of benzene rings is 3. The molecule has 7 heteroatoms. The molecule has 3 aromatic carbocycles. The molecule has 0 unspecified atom stereocenters. The fourth-order valence-corrected chi connectivity index (χ4v) is 2.72. The maximum Gasteiger partial charge on any atom is 0.272 e. The second-order valence-electron chi connectivity index (χ2n) is 6.24. The molecule has 0 radical (unpaired) electrons. The van der Waals surface area contributed by atoms with E-state index >= 15 is 0 Å². The van der Waals surface area contributed by atoms with Gasteiger partial charge in [0.1, 0.15) is 17.2 Å². The first kappa shape index (κ1) is 19.9. The molecule has 0 aliphatic carbocycles. The summed E-state index contributed by atoms with van der Waals surface area (Å²) >= 11 is 0. The van der Waals surface area contributed by atoms with Crippen LogP contribution in [0.5, 0.6) is 17.2 Å². The van der Waals surface area contributed by atoms with E-state index in [1.54, 1.807) is 31.2 Å². The Bertz CT molecular complexity index is 1010. The number of hydrogen-bond donors (Lipinski definition) is 1. The largest absolute Gasteiger partial charge is 0.494 e. The van der Waals surface area contributed by atoms with Gasteiger partial charge < -0.3 is 14.8 Å². The number of carbonyl (C=O) groups excluding carboxylic acids is 1. The standard InChI is InChI=1S/C22H20N2O5/c1-3-28-18-9-11-20(12-10-18)29-19-7-5-17(6-8-19)23-22(25)16-4-13-21(24(26)27)15(2)14-16/h4-14H,3H2,1-2H3,(H,23,25). The van der Waals surface area contributed by atoms with Crippen molar-refractivity contribution in [3.05, 3.63) is 88.0 Å². The average molecular weight is 392 g/mol. The van der Waals surface area contributed by atoms with Gasteiger partial charge in [0.05, 0.1) is 11.5 Å². The Hall–Kier alpha value is -3.87. The number of anilines is 1. The van der Waals surface area contributed by atoms with Crippen molar-refractivity contribution in [1.29, 1.82) is 0 Å². The smallest absolute Gasteiger partial charge is 0.272 e. The molecule has 0 heterocycles. The molecule has 1 N–H and O–H groups in total. The molecule has 0 spiro atoms. The van der Waals surface area contributed by atoms with E-state index < -0.39 is 4.92 Å².